The van der Waals surface area contributed by atoms with Gasteiger partial charge in [-0.15, -0.1) is 0 Å². The lowest BCUT2D eigenvalue weighted by Crippen LogP contribution is -2.17. The number of rotatable bonds is 5. The number of benzene rings is 1. The van der Waals surface area contributed by atoms with Crippen molar-refractivity contribution >= 4 is 23.3 Å². The molecule has 1 aromatic carbocycles. The summed E-state index contributed by atoms with van der Waals surface area (Å²) < 4.78 is 1.79. The highest BCUT2D eigenvalue weighted by molar-refractivity contribution is 5.87. The Morgan fingerprint density at radius 1 is 0.920 bits per heavy atom. The van der Waals surface area contributed by atoms with E-state index in [2.05, 4.69) is 31.2 Å². The average Bonchev–Trinajstić information content (AvgIpc) is 2.87. The zero-order valence-corrected chi connectivity index (χ0v) is 14.3. The number of hydrogen-bond acceptors (Lipinski definition) is 8. The lowest BCUT2D eigenvalue weighted by Gasteiger charge is -2.15. The molecule has 0 aliphatic carbocycles. The molecule has 9 heteroatoms. The van der Waals surface area contributed by atoms with Gasteiger partial charge < -0.3 is 16.2 Å². The van der Waals surface area contributed by atoms with Gasteiger partial charge >= 0.3 is 0 Å². The molecule has 0 atom stereocenters. The van der Waals surface area contributed by atoms with Crippen molar-refractivity contribution in [1.82, 2.24) is 19.7 Å². The molecule has 2 heterocycles. The van der Waals surface area contributed by atoms with E-state index in [0.717, 1.165) is 22.6 Å². The van der Waals surface area contributed by atoms with Crippen LogP contribution >= 0.6 is 0 Å². The number of aromatic nitrogens is 4. The quantitative estimate of drug-likeness (QED) is 0.351. The molecule has 0 spiro atoms. The molecule has 0 unspecified atom stereocenters. The van der Waals surface area contributed by atoms with Crippen LogP contribution in [-0.2, 0) is 7.05 Å². The number of anilines is 4. The molecule has 130 valence electrons. The lowest BCUT2D eigenvalue weighted by molar-refractivity contribution is 0.731. The highest BCUT2D eigenvalue weighted by Crippen LogP contribution is 2.37. The van der Waals surface area contributed by atoms with Gasteiger partial charge in [0, 0.05) is 24.0 Å². The summed E-state index contributed by atoms with van der Waals surface area (Å²) in [5, 5.41) is 7.57. The third kappa shape index (κ3) is 3.10. The minimum Gasteiger partial charge on any atom is -0.324 e. The van der Waals surface area contributed by atoms with Crippen LogP contribution in [0.3, 0.4) is 0 Å². The van der Waals surface area contributed by atoms with Crippen molar-refractivity contribution < 1.29 is 0 Å². The first kappa shape index (κ1) is 16.7. The average molecular weight is 339 g/mol. The van der Waals surface area contributed by atoms with Crippen LogP contribution in [0.1, 0.15) is 11.4 Å². The summed E-state index contributed by atoms with van der Waals surface area (Å²) in [6, 6.07) is 9.60. The predicted molar refractivity (Wildman–Crippen MR) is 99.1 cm³/mol. The molecular weight excluding hydrogens is 318 g/mol. The Morgan fingerprint density at radius 3 is 2.00 bits per heavy atom. The normalized spacial score (nSPS) is 10.6. The highest BCUT2D eigenvalue weighted by Gasteiger charge is 2.22. The summed E-state index contributed by atoms with van der Waals surface area (Å²) in [6.45, 7) is 3.88. The molecule has 25 heavy (non-hydrogen) atoms. The summed E-state index contributed by atoms with van der Waals surface area (Å²) in [5.41, 5.74) is 9.47. The van der Waals surface area contributed by atoms with Gasteiger partial charge in [0.1, 0.15) is 0 Å². The molecule has 0 saturated carbocycles. The van der Waals surface area contributed by atoms with Crippen molar-refractivity contribution in [3.63, 3.8) is 0 Å². The maximum atomic E-state index is 5.72. The largest absolute Gasteiger partial charge is 0.324 e. The van der Waals surface area contributed by atoms with Crippen LogP contribution in [0.25, 0.3) is 11.1 Å². The van der Waals surface area contributed by atoms with Crippen molar-refractivity contribution in [3.8, 4) is 11.1 Å². The van der Waals surface area contributed by atoms with Gasteiger partial charge in [-0.05, 0) is 26.0 Å². The Labute approximate surface area is 145 Å². The molecule has 0 fully saturated rings. The Morgan fingerprint density at radius 2 is 1.52 bits per heavy atom. The van der Waals surface area contributed by atoms with E-state index in [1.165, 1.54) is 0 Å². The first-order chi connectivity index (χ1) is 12.0. The monoisotopic (exact) mass is 339 g/mol. The van der Waals surface area contributed by atoms with Gasteiger partial charge in [0.2, 0.25) is 5.95 Å². The number of aryl methyl sites for hydroxylation is 2. The molecule has 3 rings (SSSR count). The Kier molecular flexibility index (Phi) is 4.50. The van der Waals surface area contributed by atoms with Gasteiger partial charge in [-0.1, -0.05) is 18.2 Å². The summed E-state index contributed by atoms with van der Waals surface area (Å²) in [4.78, 5) is 8.94. The summed E-state index contributed by atoms with van der Waals surface area (Å²) in [5.74, 6) is 12.7. The van der Waals surface area contributed by atoms with Crippen LogP contribution in [0, 0.1) is 13.8 Å². The number of nitrogens with two attached hydrogens (primary N) is 2. The third-order valence-electron chi connectivity index (χ3n) is 3.97. The van der Waals surface area contributed by atoms with E-state index in [0.29, 0.717) is 23.1 Å². The SMILES string of the molecule is Cc1nn(C)c(C)c1-c1c(NN)nc(Nc2ccccc2)nc1NN. The molecule has 0 bridgehead atoms. The minimum absolute atomic E-state index is 0.370. The molecule has 7 N–H and O–H groups in total. The first-order valence-electron chi connectivity index (χ1n) is 7.73. The van der Waals surface area contributed by atoms with Crippen LogP contribution in [-0.4, -0.2) is 19.7 Å². The lowest BCUT2D eigenvalue weighted by atomic mass is 10.0. The number of para-hydroxylation sites is 1. The Hall–Kier alpha value is -3.17. The second-order valence-electron chi connectivity index (χ2n) is 5.57. The van der Waals surface area contributed by atoms with Gasteiger partial charge in [0.05, 0.1) is 11.3 Å². The fraction of sp³-hybridized carbons (Fsp3) is 0.188. The molecule has 9 nitrogen and oxygen atoms in total. The Bertz CT molecular complexity index is 861. The van der Waals surface area contributed by atoms with Gasteiger partial charge in [0.15, 0.2) is 11.6 Å². The molecule has 0 saturated heterocycles. The molecule has 0 aliphatic heterocycles. The van der Waals surface area contributed by atoms with E-state index in [1.807, 2.05) is 51.2 Å². The number of hydrazine groups is 2. The van der Waals surface area contributed by atoms with Crippen molar-refractivity contribution in [3.05, 3.63) is 41.7 Å². The first-order valence-corrected chi connectivity index (χ1v) is 7.73. The van der Waals surface area contributed by atoms with Gasteiger partial charge in [0.25, 0.3) is 0 Å². The Balaban J connectivity index is 2.13. The van der Waals surface area contributed by atoms with Crippen molar-refractivity contribution in [1.29, 1.82) is 0 Å². The maximum Gasteiger partial charge on any atom is 0.231 e. The smallest absolute Gasteiger partial charge is 0.231 e. The van der Waals surface area contributed by atoms with Gasteiger partial charge in [-0.25, -0.2) is 11.7 Å². The van der Waals surface area contributed by atoms with Crippen LogP contribution in [0.5, 0.6) is 0 Å². The van der Waals surface area contributed by atoms with E-state index < -0.39 is 0 Å². The minimum atomic E-state index is 0.370. The van der Waals surface area contributed by atoms with Crippen molar-refractivity contribution in [2.45, 2.75) is 13.8 Å². The fourth-order valence-electron chi connectivity index (χ4n) is 2.75. The number of nitrogens with one attached hydrogen (secondary N) is 3. The van der Waals surface area contributed by atoms with E-state index in [4.69, 9.17) is 11.7 Å². The fourth-order valence-corrected chi connectivity index (χ4v) is 2.75. The second kappa shape index (κ2) is 6.75. The van der Waals surface area contributed by atoms with Gasteiger partial charge in [-0.2, -0.15) is 15.1 Å². The van der Waals surface area contributed by atoms with E-state index >= 15 is 0 Å². The zero-order valence-electron chi connectivity index (χ0n) is 14.3. The molecular formula is C16H21N9. The zero-order chi connectivity index (χ0) is 18.0. The third-order valence-corrected chi connectivity index (χ3v) is 3.97. The maximum absolute atomic E-state index is 5.72. The molecule has 0 amide bonds. The van der Waals surface area contributed by atoms with Crippen molar-refractivity contribution in [2.24, 2.45) is 18.7 Å². The number of nitrogen functional groups attached to an aromatic ring is 2. The van der Waals surface area contributed by atoms with E-state index in [9.17, 15) is 0 Å². The van der Waals surface area contributed by atoms with Crippen molar-refractivity contribution in [2.75, 3.05) is 16.2 Å². The van der Waals surface area contributed by atoms with Crippen LogP contribution < -0.4 is 27.9 Å². The summed E-state index contributed by atoms with van der Waals surface area (Å²) in [6.07, 6.45) is 0. The standard InChI is InChI=1S/C16H21N9/c1-9-12(10(2)25(3)24-9)13-14(22-17)20-16(21-15(13)23-18)19-11-7-5-4-6-8-11/h4-8H,17-18H2,1-3H3,(H3,19,20,21,22,23). The molecule has 3 aromatic rings. The summed E-state index contributed by atoms with van der Waals surface area (Å²) in [7, 11) is 1.88. The second-order valence-corrected chi connectivity index (χ2v) is 5.57. The van der Waals surface area contributed by atoms with Crippen LogP contribution in [0.2, 0.25) is 0 Å². The summed E-state index contributed by atoms with van der Waals surface area (Å²) >= 11 is 0. The van der Waals surface area contributed by atoms with E-state index in [-0.39, 0.29) is 0 Å². The predicted octanol–water partition coefficient (Wildman–Crippen LogP) is 1.81. The van der Waals surface area contributed by atoms with Crippen LogP contribution in [0.15, 0.2) is 30.3 Å². The topological polar surface area (TPSA) is 132 Å². The molecule has 0 aliphatic rings. The number of nitrogens with zero attached hydrogens (tertiary/aromatic N) is 4. The van der Waals surface area contributed by atoms with E-state index in [1.54, 1.807) is 4.68 Å². The molecule has 0 radical (unpaired) electrons. The van der Waals surface area contributed by atoms with Gasteiger partial charge in [-0.3, -0.25) is 4.68 Å². The van der Waals surface area contributed by atoms with Crippen LogP contribution in [0.4, 0.5) is 23.3 Å². The number of hydrogen-bond donors (Lipinski definition) is 5. The molecule has 2 aromatic heterocycles. The highest BCUT2D eigenvalue weighted by atomic mass is 15.3.